The molecule has 1 atom stereocenters. The number of hydrogen-bond donors (Lipinski definition) is 0. The Hall–Kier alpha value is -0.950. The van der Waals surface area contributed by atoms with Gasteiger partial charge < -0.3 is 4.74 Å². The second-order valence-corrected chi connectivity index (χ2v) is 11.0. The van der Waals surface area contributed by atoms with Gasteiger partial charge >= 0.3 is 0 Å². The molecular weight excluding hydrogens is 352 g/mol. The summed E-state index contributed by atoms with van der Waals surface area (Å²) in [6.45, 7) is 2.01. The minimum Gasteiger partial charge on any atom is -0.344 e. The molecule has 1 aromatic rings. The predicted octanol–water partition coefficient (Wildman–Crippen LogP) is 3.35. The first-order valence-electron chi connectivity index (χ1n) is 9.67. The van der Waals surface area contributed by atoms with Gasteiger partial charge in [0.2, 0.25) is 5.79 Å². The zero-order valence-corrected chi connectivity index (χ0v) is 15.9. The topological polar surface area (TPSA) is 61.8 Å². The molecule has 4 saturated carbocycles. The fourth-order valence-corrected chi connectivity index (χ4v) is 7.54. The predicted molar refractivity (Wildman–Crippen MR) is 94.8 cm³/mol. The molecule has 0 aromatic heterocycles. The Morgan fingerprint density at radius 3 is 2.12 bits per heavy atom. The Balaban J connectivity index is 1.32. The summed E-state index contributed by atoms with van der Waals surface area (Å²) >= 11 is 0. The van der Waals surface area contributed by atoms with Gasteiger partial charge in [-0.3, -0.25) is 0 Å². The first kappa shape index (κ1) is 17.2. The standard InChI is InChI=1S/C20H26O5S/c1-19(13-26(21,22)18-5-3-2-4-6-18)12-23-20(25-24-19)16-8-14-7-15(10-16)11-17(20)9-14/h2-6,14-17H,7-13H2,1H3. The van der Waals surface area contributed by atoms with Gasteiger partial charge in [-0.25, -0.2) is 13.3 Å². The van der Waals surface area contributed by atoms with E-state index < -0.39 is 21.2 Å². The molecule has 26 heavy (non-hydrogen) atoms. The fourth-order valence-electron chi connectivity index (χ4n) is 5.87. The number of sulfone groups is 1. The maximum absolute atomic E-state index is 12.7. The first-order chi connectivity index (χ1) is 12.4. The maximum atomic E-state index is 12.7. The van der Waals surface area contributed by atoms with Gasteiger partial charge in [-0.15, -0.1) is 0 Å². The van der Waals surface area contributed by atoms with E-state index >= 15 is 0 Å². The SMILES string of the molecule is CC1(CS(=O)(=O)c2ccccc2)COC2(OO1)C1CC3CC(C1)CC2C3. The average molecular weight is 378 g/mol. The van der Waals surface area contributed by atoms with Crippen molar-refractivity contribution >= 4 is 9.84 Å². The molecule has 1 aliphatic heterocycles. The molecule has 1 unspecified atom stereocenters. The third-order valence-electron chi connectivity index (χ3n) is 6.85. The third kappa shape index (κ3) is 2.65. The van der Waals surface area contributed by atoms with Crippen LogP contribution in [0.3, 0.4) is 0 Å². The number of benzene rings is 1. The molecule has 1 heterocycles. The number of rotatable bonds is 3. The Bertz CT molecular complexity index is 750. The lowest BCUT2D eigenvalue weighted by molar-refractivity contribution is -0.540. The molecule has 0 amide bonds. The van der Waals surface area contributed by atoms with Crippen molar-refractivity contribution in [3.05, 3.63) is 30.3 Å². The van der Waals surface area contributed by atoms with Crippen molar-refractivity contribution in [2.45, 2.75) is 55.3 Å². The van der Waals surface area contributed by atoms with Crippen LogP contribution >= 0.6 is 0 Å². The summed E-state index contributed by atoms with van der Waals surface area (Å²) in [5, 5.41) is 0. The first-order valence-corrected chi connectivity index (χ1v) is 11.3. The summed E-state index contributed by atoms with van der Waals surface area (Å²) in [4.78, 5) is 12.1. The fraction of sp³-hybridized carbons (Fsp3) is 0.700. The van der Waals surface area contributed by atoms with Crippen molar-refractivity contribution in [3.63, 3.8) is 0 Å². The van der Waals surface area contributed by atoms with Crippen molar-refractivity contribution in [2.75, 3.05) is 12.4 Å². The van der Waals surface area contributed by atoms with Gasteiger partial charge in [-0.1, -0.05) is 18.2 Å². The molecular formula is C20H26O5S. The Morgan fingerprint density at radius 2 is 1.58 bits per heavy atom. The summed E-state index contributed by atoms with van der Waals surface area (Å²) in [6, 6.07) is 8.49. The van der Waals surface area contributed by atoms with Crippen LogP contribution < -0.4 is 0 Å². The highest BCUT2D eigenvalue weighted by molar-refractivity contribution is 7.91. The monoisotopic (exact) mass is 378 g/mol. The molecule has 5 nitrogen and oxygen atoms in total. The van der Waals surface area contributed by atoms with Gasteiger partial charge in [0.25, 0.3) is 0 Å². The second-order valence-electron chi connectivity index (χ2n) is 9.00. The van der Waals surface area contributed by atoms with E-state index in [0.717, 1.165) is 37.5 Å². The van der Waals surface area contributed by atoms with Gasteiger partial charge in [-0.05, 0) is 63.0 Å². The smallest absolute Gasteiger partial charge is 0.207 e. The maximum Gasteiger partial charge on any atom is 0.207 e. The van der Waals surface area contributed by atoms with Crippen LogP contribution in [-0.4, -0.2) is 32.2 Å². The van der Waals surface area contributed by atoms with Crippen LogP contribution in [0.4, 0.5) is 0 Å². The van der Waals surface area contributed by atoms with Crippen molar-refractivity contribution < 1.29 is 22.9 Å². The van der Waals surface area contributed by atoms with Crippen molar-refractivity contribution in [2.24, 2.45) is 23.7 Å². The highest BCUT2D eigenvalue weighted by Crippen LogP contribution is 2.61. The number of ether oxygens (including phenoxy) is 1. The molecule has 142 valence electrons. The lowest BCUT2D eigenvalue weighted by atomic mass is 9.53. The second kappa shape index (κ2) is 5.77. The van der Waals surface area contributed by atoms with E-state index in [1.807, 2.05) is 0 Å². The summed E-state index contributed by atoms with van der Waals surface area (Å²) < 4.78 is 31.8. The molecule has 1 aromatic carbocycles. The lowest BCUT2D eigenvalue weighted by Crippen LogP contribution is -2.65. The lowest BCUT2D eigenvalue weighted by Gasteiger charge is -2.61. The minimum atomic E-state index is -3.47. The van der Waals surface area contributed by atoms with Gasteiger partial charge in [0.05, 0.1) is 17.3 Å². The highest BCUT2D eigenvalue weighted by atomic mass is 32.2. The zero-order valence-electron chi connectivity index (χ0n) is 15.1. The molecule has 6 rings (SSSR count). The molecule has 4 bridgehead atoms. The molecule has 5 aliphatic rings. The summed E-state index contributed by atoms with van der Waals surface area (Å²) in [6.07, 6.45) is 5.95. The van der Waals surface area contributed by atoms with Crippen LogP contribution in [-0.2, 0) is 24.3 Å². The molecule has 1 saturated heterocycles. The Kier molecular flexibility index (Phi) is 3.81. The quantitative estimate of drug-likeness (QED) is 0.755. The Labute approximate surface area is 154 Å². The van der Waals surface area contributed by atoms with Crippen LogP contribution in [0.5, 0.6) is 0 Å². The van der Waals surface area contributed by atoms with Crippen molar-refractivity contribution in [1.82, 2.24) is 0 Å². The average Bonchev–Trinajstić information content (AvgIpc) is 2.61. The summed E-state index contributed by atoms with van der Waals surface area (Å²) in [5.74, 6) is 1.58. The van der Waals surface area contributed by atoms with Crippen LogP contribution in [0, 0.1) is 23.7 Å². The van der Waals surface area contributed by atoms with Gasteiger partial charge in [0, 0.05) is 11.8 Å². The normalized spacial score (nSPS) is 44.5. The van der Waals surface area contributed by atoms with Gasteiger partial charge in [-0.2, -0.15) is 4.89 Å². The molecule has 5 fully saturated rings. The van der Waals surface area contributed by atoms with E-state index in [1.165, 1.54) is 6.42 Å². The largest absolute Gasteiger partial charge is 0.344 e. The van der Waals surface area contributed by atoms with E-state index in [2.05, 4.69) is 0 Å². The summed E-state index contributed by atoms with van der Waals surface area (Å²) in [7, 11) is -3.47. The van der Waals surface area contributed by atoms with E-state index in [-0.39, 0.29) is 12.4 Å². The van der Waals surface area contributed by atoms with Crippen molar-refractivity contribution in [1.29, 1.82) is 0 Å². The highest BCUT2D eigenvalue weighted by Gasteiger charge is 2.63. The summed E-state index contributed by atoms with van der Waals surface area (Å²) in [5.41, 5.74) is -0.991. The molecule has 4 aliphatic carbocycles. The van der Waals surface area contributed by atoms with Crippen LogP contribution in [0.15, 0.2) is 35.2 Å². The third-order valence-corrected chi connectivity index (χ3v) is 8.83. The van der Waals surface area contributed by atoms with Crippen LogP contribution in [0.25, 0.3) is 0 Å². The Morgan fingerprint density at radius 1 is 0.962 bits per heavy atom. The van der Waals surface area contributed by atoms with Crippen LogP contribution in [0.1, 0.15) is 39.0 Å². The van der Waals surface area contributed by atoms with E-state index in [4.69, 9.17) is 14.5 Å². The zero-order chi connectivity index (χ0) is 18.0. The van der Waals surface area contributed by atoms with Gasteiger partial charge in [0.15, 0.2) is 9.84 Å². The van der Waals surface area contributed by atoms with E-state index in [1.54, 1.807) is 37.3 Å². The number of hydrogen-bond acceptors (Lipinski definition) is 5. The van der Waals surface area contributed by atoms with E-state index in [9.17, 15) is 8.42 Å². The molecule has 0 radical (unpaired) electrons. The molecule has 1 spiro atoms. The van der Waals surface area contributed by atoms with Crippen LogP contribution in [0.2, 0.25) is 0 Å². The molecule has 6 heteroatoms. The van der Waals surface area contributed by atoms with Gasteiger partial charge in [0.1, 0.15) is 5.60 Å². The van der Waals surface area contributed by atoms with E-state index in [0.29, 0.717) is 16.7 Å². The minimum absolute atomic E-state index is 0.152. The van der Waals surface area contributed by atoms with Crippen molar-refractivity contribution in [3.8, 4) is 0 Å². The molecule has 0 N–H and O–H groups in total.